The van der Waals surface area contributed by atoms with Crippen LogP contribution in [0.25, 0.3) is 0 Å². The van der Waals surface area contributed by atoms with E-state index in [-0.39, 0.29) is 12.3 Å². The monoisotopic (exact) mass is 348 g/mol. The molecule has 6 nitrogen and oxygen atoms in total. The lowest BCUT2D eigenvalue weighted by molar-refractivity contribution is -0.116. The maximum Gasteiger partial charge on any atom is 0.228 e. The van der Waals surface area contributed by atoms with Crippen LogP contribution in [-0.2, 0) is 11.3 Å². The van der Waals surface area contributed by atoms with Gasteiger partial charge in [0.05, 0.1) is 37.2 Å². The normalized spacial score (nSPS) is 10.2. The summed E-state index contributed by atoms with van der Waals surface area (Å²) in [4.78, 5) is 20.4. The number of rotatable bonds is 8. The van der Waals surface area contributed by atoms with Gasteiger partial charge in [-0.3, -0.25) is 9.78 Å². The summed E-state index contributed by atoms with van der Waals surface area (Å²) in [5.41, 5.74) is 1.81. The third-order valence-corrected chi connectivity index (χ3v) is 3.57. The Morgan fingerprint density at radius 2 is 1.81 bits per heavy atom. The van der Waals surface area contributed by atoms with Crippen molar-refractivity contribution in [2.75, 3.05) is 17.2 Å². The highest BCUT2D eigenvalue weighted by atomic mass is 16.5. The molecule has 0 unspecified atom stereocenters. The fourth-order valence-electron chi connectivity index (χ4n) is 2.25. The smallest absolute Gasteiger partial charge is 0.228 e. The second kappa shape index (κ2) is 9.17. The van der Waals surface area contributed by atoms with E-state index in [0.29, 0.717) is 19.0 Å². The topological polar surface area (TPSA) is 76.1 Å². The Balaban J connectivity index is 1.41. The molecule has 6 heteroatoms. The molecule has 0 saturated carbocycles. The lowest BCUT2D eigenvalue weighted by atomic mass is 10.3. The second-order valence-electron chi connectivity index (χ2n) is 5.57. The number of ether oxygens (including phenoxy) is 1. The van der Waals surface area contributed by atoms with Crippen molar-refractivity contribution in [3.8, 4) is 5.75 Å². The zero-order valence-corrected chi connectivity index (χ0v) is 14.3. The van der Waals surface area contributed by atoms with Gasteiger partial charge in [0.25, 0.3) is 0 Å². The fraction of sp³-hybridized carbons (Fsp3) is 0.150. The van der Waals surface area contributed by atoms with Crippen molar-refractivity contribution in [3.05, 3.63) is 78.8 Å². The van der Waals surface area contributed by atoms with Gasteiger partial charge in [-0.25, -0.2) is 4.98 Å². The first kappa shape index (κ1) is 17.4. The number of nitrogens with zero attached hydrogens (tertiary/aromatic N) is 2. The highest BCUT2D eigenvalue weighted by Crippen LogP contribution is 2.12. The average Bonchev–Trinajstić information content (AvgIpc) is 2.69. The molecule has 2 N–H and O–H groups in total. The van der Waals surface area contributed by atoms with Crippen LogP contribution in [0.3, 0.4) is 0 Å². The molecule has 0 radical (unpaired) electrons. The van der Waals surface area contributed by atoms with Crippen molar-refractivity contribution in [1.29, 1.82) is 0 Å². The van der Waals surface area contributed by atoms with E-state index in [1.54, 1.807) is 18.5 Å². The Morgan fingerprint density at radius 3 is 2.54 bits per heavy atom. The van der Waals surface area contributed by atoms with Gasteiger partial charge in [-0.15, -0.1) is 0 Å². The molecule has 2 heterocycles. The summed E-state index contributed by atoms with van der Waals surface area (Å²) in [5, 5.41) is 6.00. The molecule has 132 valence electrons. The zero-order chi connectivity index (χ0) is 18.0. The minimum atomic E-state index is -0.136. The van der Waals surface area contributed by atoms with Gasteiger partial charge in [-0.2, -0.15) is 0 Å². The van der Waals surface area contributed by atoms with Gasteiger partial charge in [-0.05, 0) is 36.4 Å². The van der Waals surface area contributed by atoms with Gasteiger partial charge in [-0.1, -0.05) is 24.3 Å². The molecule has 0 bridgehead atoms. The van der Waals surface area contributed by atoms with E-state index in [1.165, 1.54) is 0 Å². The molecule has 2 aromatic heterocycles. The summed E-state index contributed by atoms with van der Waals surface area (Å²) >= 11 is 0. The van der Waals surface area contributed by atoms with Gasteiger partial charge in [0.1, 0.15) is 11.6 Å². The molecule has 0 fully saturated rings. The van der Waals surface area contributed by atoms with Gasteiger partial charge in [0.2, 0.25) is 5.91 Å². The number of para-hydroxylation sites is 1. The molecule has 0 atom stereocenters. The first-order valence-electron chi connectivity index (χ1n) is 8.37. The highest BCUT2D eigenvalue weighted by molar-refractivity contribution is 5.89. The summed E-state index contributed by atoms with van der Waals surface area (Å²) in [5.74, 6) is 1.13. The minimum Gasteiger partial charge on any atom is -0.493 e. The standard InChI is InChI=1S/C20H20N4O2/c25-20(11-13-26-18-7-2-1-3-8-18)24-19-10-9-17(15-23-19)22-14-16-6-4-5-12-21-16/h1-10,12,15,22H,11,13-14H2,(H,23,24,25). The summed E-state index contributed by atoms with van der Waals surface area (Å²) in [6, 6.07) is 18.8. The van der Waals surface area contributed by atoms with E-state index in [2.05, 4.69) is 20.6 Å². The van der Waals surface area contributed by atoms with E-state index in [9.17, 15) is 4.79 Å². The third kappa shape index (κ3) is 5.59. The Hall–Kier alpha value is -3.41. The van der Waals surface area contributed by atoms with Crippen LogP contribution in [0, 0.1) is 0 Å². The molecule has 0 aliphatic carbocycles. The quantitative estimate of drug-likeness (QED) is 0.652. The molecule has 0 aliphatic rings. The zero-order valence-electron chi connectivity index (χ0n) is 14.3. The number of hydrogen-bond donors (Lipinski definition) is 2. The number of pyridine rings is 2. The summed E-state index contributed by atoms with van der Waals surface area (Å²) in [6.07, 6.45) is 3.70. The minimum absolute atomic E-state index is 0.136. The molecule has 3 aromatic rings. The molecule has 0 spiro atoms. The van der Waals surface area contributed by atoms with Crippen molar-refractivity contribution >= 4 is 17.4 Å². The van der Waals surface area contributed by atoms with Gasteiger partial charge >= 0.3 is 0 Å². The maximum atomic E-state index is 11.9. The van der Waals surface area contributed by atoms with Crippen LogP contribution in [0.1, 0.15) is 12.1 Å². The van der Waals surface area contributed by atoms with E-state index < -0.39 is 0 Å². The molecular formula is C20H20N4O2. The van der Waals surface area contributed by atoms with Crippen molar-refractivity contribution in [2.45, 2.75) is 13.0 Å². The Kier molecular flexibility index (Phi) is 6.14. The van der Waals surface area contributed by atoms with Crippen LogP contribution in [-0.4, -0.2) is 22.5 Å². The lowest BCUT2D eigenvalue weighted by Gasteiger charge is -2.08. The first-order valence-corrected chi connectivity index (χ1v) is 8.37. The van der Waals surface area contributed by atoms with Gasteiger partial charge < -0.3 is 15.4 Å². The van der Waals surface area contributed by atoms with E-state index in [4.69, 9.17) is 4.74 Å². The number of hydrogen-bond acceptors (Lipinski definition) is 5. The largest absolute Gasteiger partial charge is 0.493 e. The van der Waals surface area contributed by atoms with Crippen molar-refractivity contribution in [2.24, 2.45) is 0 Å². The average molecular weight is 348 g/mol. The first-order chi connectivity index (χ1) is 12.8. The Morgan fingerprint density at radius 1 is 0.962 bits per heavy atom. The number of anilines is 2. The summed E-state index contributed by atoms with van der Waals surface area (Å²) in [6.45, 7) is 0.935. The van der Waals surface area contributed by atoms with Crippen molar-refractivity contribution < 1.29 is 9.53 Å². The number of nitrogens with one attached hydrogen (secondary N) is 2. The molecular weight excluding hydrogens is 328 g/mol. The highest BCUT2D eigenvalue weighted by Gasteiger charge is 2.04. The van der Waals surface area contributed by atoms with E-state index >= 15 is 0 Å². The molecule has 26 heavy (non-hydrogen) atoms. The van der Waals surface area contributed by atoms with Crippen LogP contribution in [0.4, 0.5) is 11.5 Å². The SMILES string of the molecule is O=C(CCOc1ccccc1)Nc1ccc(NCc2ccccn2)cn1. The van der Waals surface area contributed by atoms with Crippen LogP contribution >= 0.6 is 0 Å². The van der Waals surface area contributed by atoms with Crippen molar-refractivity contribution in [1.82, 2.24) is 9.97 Å². The maximum absolute atomic E-state index is 11.9. The number of carbonyl (C=O) groups is 1. The molecule has 0 aliphatic heterocycles. The van der Waals surface area contributed by atoms with Gasteiger partial charge in [0, 0.05) is 6.20 Å². The number of aromatic nitrogens is 2. The molecule has 1 aromatic carbocycles. The summed E-state index contributed by atoms with van der Waals surface area (Å²) in [7, 11) is 0. The Labute approximate surface area is 152 Å². The van der Waals surface area contributed by atoms with E-state index in [0.717, 1.165) is 17.1 Å². The Bertz CT molecular complexity index is 808. The summed E-state index contributed by atoms with van der Waals surface area (Å²) < 4.78 is 5.51. The fourth-order valence-corrected chi connectivity index (χ4v) is 2.25. The van der Waals surface area contributed by atoms with Crippen LogP contribution in [0.2, 0.25) is 0 Å². The lowest BCUT2D eigenvalue weighted by Crippen LogP contribution is -2.16. The third-order valence-electron chi connectivity index (χ3n) is 3.57. The number of benzene rings is 1. The predicted octanol–water partition coefficient (Wildman–Crippen LogP) is 3.50. The second-order valence-corrected chi connectivity index (χ2v) is 5.57. The van der Waals surface area contributed by atoms with Crippen molar-refractivity contribution in [3.63, 3.8) is 0 Å². The molecule has 1 amide bonds. The molecule has 3 rings (SSSR count). The number of carbonyl (C=O) groups excluding carboxylic acids is 1. The van der Waals surface area contributed by atoms with Crippen LogP contribution < -0.4 is 15.4 Å². The molecule has 0 saturated heterocycles. The van der Waals surface area contributed by atoms with Gasteiger partial charge in [0.15, 0.2) is 0 Å². The van der Waals surface area contributed by atoms with Crippen LogP contribution in [0.15, 0.2) is 73.1 Å². The number of amides is 1. The van der Waals surface area contributed by atoms with Crippen LogP contribution in [0.5, 0.6) is 5.75 Å². The predicted molar refractivity (Wildman–Crippen MR) is 101 cm³/mol. The van der Waals surface area contributed by atoms with E-state index in [1.807, 2.05) is 54.6 Å².